The highest BCUT2D eigenvalue weighted by atomic mass is 79.9. The Morgan fingerprint density at radius 3 is 2.54 bits per heavy atom. The van der Waals surface area contributed by atoms with E-state index in [9.17, 15) is 14.9 Å². The van der Waals surface area contributed by atoms with E-state index in [2.05, 4.69) is 21.2 Å². The minimum atomic E-state index is -1.02. The maximum atomic E-state index is 12.7. The summed E-state index contributed by atoms with van der Waals surface area (Å²) < 4.78 is 11.9. The van der Waals surface area contributed by atoms with E-state index in [0.717, 1.165) is 5.56 Å². The molecule has 3 rings (SSSR count). The van der Waals surface area contributed by atoms with E-state index in [4.69, 9.17) is 14.6 Å². The molecule has 1 amide bonds. The van der Waals surface area contributed by atoms with Gasteiger partial charge in [0.2, 0.25) is 0 Å². The molecule has 178 valence electrons. The third-order valence-corrected chi connectivity index (χ3v) is 5.72. The fourth-order valence-electron chi connectivity index (χ4n) is 3.33. The van der Waals surface area contributed by atoms with Crippen molar-refractivity contribution in [2.75, 3.05) is 7.11 Å². The number of nitrogens with zero attached hydrogens (tertiary/aromatic N) is 1. The number of hydrogen-bond donors (Lipinski definition) is 2. The summed E-state index contributed by atoms with van der Waals surface area (Å²) in [6, 6.07) is 21.0. The van der Waals surface area contributed by atoms with Crippen molar-refractivity contribution < 1.29 is 24.2 Å². The first kappa shape index (κ1) is 25.5. The van der Waals surface area contributed by atoms with E-state index in [1.54, 1.807) is 24.3 Å². The van der Waals surface area contributed by atoms with Crippen molar-refractivity contribution in [3.63, 3.8) is 0 Å². The van der Waals surface area contributed by atoms with Gasteiger partial charge in [0.1, 0.15) is 18.2 Å². The van der Waals surface area contributed by atoms with Gasteiger partial charge in [-0.05, 0) is 69.9 Å². The van der Waals surface area contributed by atoms with Crippen LogP contribution in [0.1, 0.15) is 40.0 Å². The number of methoxy groups -OCH3 is 1. The number of carbonyl (C=O) groups excluding carboxylic acids is 1. The number of halogens is 1. The van der Waals surface area contributed by atoms with Crippen LogP contribution in [0.5, 0.6) is 11.5 Å². The van der Waals surface area contributed by atoms with Gasteiger partial charge in [0.25, 0.3) is 5.91 Å². The number of aromatic carboxylic acids is 1. The summed E-state index contributed by atoms with van der Waals surface area (Å²) >= 11 is 3.46. The molecule has 0 radical (unpaired) electrons. The van der Waals surface area contributed by atoms with Crippen LogP contribution < -0.4 is 14.8 Å². The Labute approximate surface area is 211 Å². The number of hydrogen-bond acceptors (Lipinski definition) is 5. The average molecular weight is 535 g/mol. The lowest BCUT2D eigenvalue weighted by Crippen LogP contribution is -2.27. The first-order valence-corrected chi connectivity index (χ1v) is 11.4. The Morgan fingerprint density at radius 1 is 1.14 bits per heavy atom. The van der Waals surface area contributed by atoms with Crippen molar-refractivity contribution in [3.05, 3.63) is 99.0 Å². The van der Waals surface area contributed by atoms with E-state index in [1.165, 1.54) is 25.3 Å². The number of nitrogens with one attached hydrogen (secondary N) is 1. The lowest BCUT2D eigenvalue weighted by molar-refractivity contribution is -0.117. The molecule has 0 aliphatic rings. The zero-order chi connectivity index (χ0) is 25.4. The van der Waals surface area contributed by atoms with Crippen molar-refractivity contribution in [1.29, 1.82) is 5.26 Å². The molecule has 1 atom stereocenters. The average Bonchev–Trinajstić information content (AvgIpc) is 2.86. The van der Waals surface area contributed by atoms with Crippen molar-refractivity contribution in [2.45, 2.75) is 19.6 Å². The van der Waals surface area contributed by atoms with Crippen molar-refractivity contribution in [2.24, 2.45) is 0 Å². The molecule has 3 aromatic carbocycles. The maximum absolute atomic E-state index is 12.7. The zero-order valence-electron chi connectivity index (χ0n) is 19.1. The third kappa shape index (κ3) is 6.71. The van der Waals surface area contributed by atoms with Crippen molar-refractivity contribution in [1.82, 2.24) is 5.32 Å². The lowest BCUT2D eigenvalue weighted by Gasteiger charge is -2.15. The molecule has 2 N–H and O–H groups in total. The third-order valence-electron chi connectivity index (χ3n) is 5.13. The molecule has 0 spiro atoms. The standard InChI is InChI=1S/C27H23BrN2O5/c1-17(20-8-4-3-5-9-20)30-26(31)22(15-29)12-19-13-23(28)25(24(14-19)34-2)35-16-18-7-6-10-21(11-18)27(32)33/h3-14,17H,16H2,1-2H3,(H,30,31)(H,32,33)/b22-12-/t17-/m1/s1. The van der Waals surface area contributed by atoms with E-state index < -0.39 is 11.9 Å². The smallest absolute Gasteiger partial charge is 0.335 e. The lowest BCUT2D eigenvalue weighted by atomic mass is 10.1. The predicted octanol–water partition coefficient (Wildman–Crippen LogP) is 5.52. The Kier molecular flexibility index (Phi) is 8.65. The summed E-state index contributed by atoms with van der Waals surface area (Å²) in [4.78, 5) is 23.9. The number of benzene rings is 3. The van der Waals surface area contributed by atoms with Gasteiger partial charge >= 0.3 is 5.97 Å². The van der Waals surface area contributed by atoms with Crippen molar-refractivity contribution in [3.8, 4) is 17.6 Å². The molecule has 0 unspecified atom stereocenters. The van der Waals surface area contributed by atoms with E-state index in [-0.39, 0.29) is 23.8 Å². The zero-order valence-corrected chi connectivity index (χ0v) is 20.7. The first-order valence-electron chi connectivity index (χ1n) is 10.6. The van der Waals surface area contributed by atoms with Gasteiger partial charge < -0.3 is 19.9 Å². The van der Waals surface area contributed by atoms with Gasteiger partial charge in [-0.1, -0.05) is 42.5 Å². The summed E-state index contributed by atoms with van der Waals surface area (Å²) in [6.07, 6.45) is 1.47. The van der Waals surface area contributed by atoms with E-state index in [1.807, 2.05) is 43.3 Å². The van der Waals surface area contributed by atoms with Crippen LogP contribution >= 0.6 is 15.9 Å². The summed E-state index contributed by atoms with van der Waals surface area (Å²) in [7, 11) is 1.48. The monoisotopic (exact) mass is 534 g/mol. The van der Waals surface area contributed by atoms with Gasteiger partial charge in [-0.2, -0.15) is 5.26 Å². The molecule has 0 bridgehead atoms. The summed E-state index contributed by atoms with van der Waals surface area (Å²) in [5, 5.41) is 21.6. The molecule has 0 aliphatic heterocycles. The van der Waals surface area contributed by atoms with Crippen LogP contribution in [0, 0.1) is 11.3 Å². The minimum Gasteiger partial charge on any atom is -0.493 e. The van der Waals surface area contributed by atoms with Gasteiger partial charge in [0.05, 0.1) is 23.2 Å². The molecule has 0 fully saturated rings. The Bertz CT molecular complexity index is 1300. The number of carboxylic acids is 1. The van der Waals surface area contributed by atoms with Crippen LogP contribution in [0.3, 0.4) is 0 Å². The number of nitriles is 1. The normalized spacial score (nSPS) is 11.8. The van der Waals surface area contributed by atoms with Gasteiger partial charge in [0.15, 0.2) is 11.5 Å². The molecule has 35 heavy (non-hydrogen) atoms. The molecule has 0 aliphatic carbocycles. The summed E-state index contributed by atoms with van der Waals surface area (Å²) in [5.74, 6) is -0.712. The molecule has 8 heteroatoms. The first-order chi connectivity index (χ1) is 16.8. The van der Waals surface area contributed by atoms with Gasteiger partial charge in [-0.3, -0.25) is 4.79 Å². The summed E-state index contributed by atoms with van der Waals surface area (Å²) in [6.45, 7) is 1.97. The maximum Gasteiger partial charge on any atom is 0.335 e. The highest BCUT2D eigenvalue weighted by molar-refractivity contribution is 9.10. The number of carbonyl (C=O) groups is 2. The Morgan fingerprint density at radius 2 is 1.89 bits per heavy atom. The Hall–Kier alpha value is -4.09. The van der Waals surface area contributed by atoms with E-state index >= 15 is 0 Å². The molecular formula is C27H23BrN2O5. The number of ether oxygens (including phenoxy) is 2. The molecule has 0 saturated carbocycles. The van der Waals surface area contributed by atoms with Crippen LogP contribution in [0.4, 0.5) is 0 Å². The van der Waals surface area contributed by atoms with Gasteiger partial charge in [-0.25, -0.2) is 4.79 Å². The molecular weight excluding hydrogens is 512 g/mol. The van der Waals surface area contributed by atoms with Crippen LogP contribution in [-0.2, 0) is 11.4 Å². The largest absolute Gasteiger partial charge is 0.493 e. The van der Waals surface area contributed by atoms with Crippen LogP contribution in [-0.4, -0.2) is 24.1 Å². The van der Waals surface area contributed by atoms with Crippen LogP contribution in [0.15, 0.2) is 76.8 Å². The molecule has 0 heterocycles. The predicted molar refractivity (Wildman–Crippen MR) is 135 cm³/mol. The number of rotatable bonds is 9. The second-order valence-corrected chi connectivity index (χ2v) is 8.46. The van der Waals surface area contributed by atoms with E-state index in [0.29, 0.717) is 27.1 Å². The molecule has 0 saturated heterocycles. The van der Waals surface area contributed by atoms with Gasteiger partial charge in [0, 0.05) is 0 Å². The quantitative estimate of drug-likeness (QED) is 0.276. The van der Waals surface area contributed by atoms with Gasteiger partial charge in [-0.15, -0.1) is 0 Å². The number of amides is 1. The van der Waals surface area contributed by atoms with Crippen LogP contribution in [0.2, 0.25) is 0 Å². The second-order valence-electron chi connectivity index (χ2n) is 7.60. The molecule has 3 aromatic rings. The number of carboxylic acid groups (broad SMARTS) is 1. The Balaban J connectivity index is 1.79. The minimum absolute atomic E-state index is 0.0547. The van der Waals surface area contributed by atoms with Crippen LogP contribution in [0.25, 0.3) is 6.08 Å². The van der Waals surface area contributed by atoms with Crippen molar-refractivity contribution >= 4 is 33.9 Å². The fraction of sp³-hybridized carbons (Fsp3) is 0.148. The highest BCUT2D eigenvalue weighted by Crippen LogP contribution is 2.38. The SMILES string of the molecule is COc1cc(/C=C(/C#N)C(=O)N[C@H](C)c2ccccc2)cc(Br)c1OCc1cccc(C(=O)O)c1. The second kappa shape index (κ2) is 11.9. The highest BCUT2D eigenvalue weighted by Gasteiger charge is 2.16. The molecule has 7 nitrogen and oxygen atoms in total. The molecule has 0 aromatic heterocycles. The topological polar surface area (TPSA) is 109 Å². The summed E-state index contributed by atoms with van der Waals surface area (Å²) in [5.41, 5.74) is 2.28. The fourth-order valence-corrected chi connectivity index (χ4v) is 3.90.